The summed E-state index contributed by atoms with van der Waals surface area (Å²) in [6.07, 6.45) is 0.0657. The summed E-state index contributed by atoms with van der Waals surface area (Å²) in [7, 11) is 3.23. The van der Waals surface area contributed by atoms with Crippen molar-refractivity contribution in [1.82, 2.24) is 4.90 Å². The van der Waals surface area contributed by atoms with E-state index >= 15 is 0 Å². The lowest BCUT2D eigenvalue weighted by Crippen LogP contribution is -2.40. The number of rotatable bonds is 2. The van der Waals surface area contributed by atoms with Crippen molar-refractivity contribution in [3.05, 3.63) is 0 Å². The Morgan fingerprint density at radius 2 is 2.38 bits per heavy atom. The molecule has 0 bridgehead atoms. The molecule has 4 heteroatoms. The standard InChI is InChI=1S/C9H16FNO2/c1-11-4-3-7(8(10)6-11)5-9(12)13-2/h7-8H,3-6H2,1-2H3/t7-,8-/m1/s1. The molecule has 0 aromatic heterocycles. The zero-order valence-electron chi connectivity index (χ0n) is 8.12. The topological polar surface area (TPSA) is 29.5 Å². The van der Waals surface area contributed by atoms with Crippen molar-refractivity contribution in [2.75, 3.05) is 27.2 Å². The molecule has 3 nitrogen and oxygen atoms in total. The summed E-state index contributed by atoms with van der Waals surface area (Å²) in [5.74, 6) is -0.458. The summed E-state index contributed by atoms with van der Waals surface area (Å²) in [5.41, 5.74) is 0. The largest absolute Gasteiger partial charge is 0.469 e. The maximum absolute atomic E-state index is 13.3. The van der Waals surface area contributed by atoms with Crippen LogP contribution in [0.25, 0.3) is 0 Å². The van der Waals surface area contributed by atoms with E-state index in [1.807, 2.05) is 11.9 Å². The predicted molar refractivity (Wildman–Crippen MR) is 47.1 cm³/mol. The maximum atomic E-state index is 13.3. The van der Waals surface area contributed by atoms with E-state index in [1.165, 1.54) is 7.11 Å². The average Bonchev–Trinajstić information content (AvgIpc) is 2.09. The fourth-order valence-electron chi connectivity index (χ4n) is 1.63. The Hall–Kier alpha value is -0.640. The summed E-state index contributed by atoms with van der Waals surface area (Å²) in [5, 5.41) is 0. The predicted octanol–water partition coefficient (Wildman–Crippen LogP) is 0.839. The van der Waals surface area contributed by atoms with Crippen LogP contribution in [0.1, 0.15) is 12.8 Å². The first kappa shape index (κ1) is 10.4. The van der Waals surface area contributed by atoms with Gasteiger partial charge in [-0.05, 0) is 20.0 Å². The molecule has 0 spiro atoms. The normalized spacial score (nSPS) is 30.1. The van der Waals surface area contributed by atoms with Gasteiger partial charge < -0.3 is 9.64 Å². The van der Waals surface area contributed by atoms with Gasteiger partial charge >= 0.3 is 5.97 Å². The van der Waals surface area contributed by atoms with Crippen molar-refractivity contribution in [3.63, 3.8) is 0 Å². The van der Waals surface area contributed by atoms with E-state index < -0.39 is 6.17 Å². The number of hydrogen-bond acceptors (Lipinski definition) is 3. The first-order chi connectivity index (χ1) is 6.13. The van der Waals surface area contributed by atoms with E-state index in [0.717, 1.165) is 13.0 Å². The zero-order chi connectivity index (χ0) is 9.84. The second-order valence-electron chi connectivity index (χ2n) is 3.61. The molecule has 1 saturated heterocycles. The maximum Gasteiger partial charge on any atom is 0.305 e. The number of nitrogens with zero attached hydrogens (tertiary/aromatic N) is 1. The highest BCUT2D eigenvalue weighted by Crippen LogP contribution is 2.22. The van der Waals surface area contributed by atoms with Crippen LogP contribution in [0.3, 0.4) is 0 Å². The minimum atomic E-state index is -0.891. The van der Waals surface area contributed by atoms with E-state index in [1.54, 1.807) is 0 Å². The van der Waals surface area contributed by atoms with Gasteiger partial charge in [-0.2, -0.15) is 0 Å². The quantitative estimate of drug-likeness (QED) is 0.603. The first-order valence-electron chi connectivity index (χ1n) is 4.53. The fraction of sp³-hybridized carbons (Fsp3) is 0.889. The first-order valence-corrected chi connectivity index (χ1v) is 4.53. The SMILES string of the molecule is COC(=O)C[C@H]1CCN(C)C[C@H]1F. The Morgan fingerprint density at radius 3 is 2.92 bits per heavy atom. The molecule has 1 heterocycles. The number of halogens is 1. The van der Waals surface area contributed by atoms with Crippen LogP contribution in [0, 0.1) is 5.92 Å². The zero-order valence-corrected chi connectivity index (χ0v) is 8.12. The molecule has 0 aromatic carbocycles. The van der Waals surface area contributed by atoms with Crippen LogP contribution in [0.5, 0.6) is 0 Å². The molecule has 0 amide bonds. The molecule has 2 atom stereocenters. The average molecular weight is 189 g/mol. The van der Waals surface area contributed by atoms with Crippen LogP contribution in [0.4, 0.5) is 4.39 Å². The third-order valence-electron chi connectivity index (χ3n) is 2.54. The summed E-state index contributed by atoms with van der Waals surface area (Å²) < 4.78 is 17.9. The van der Waals surface area contributed by atoms with Crippen LogP contribution in [-0.4, -0.2) is 44.3 Å². The molecular formula is C9H16FNO2. The van der Waals surface area contributed by atoms with Crippen molar-refractivity contribution in [2.45, 2.75) is 19.0 Å². The van der Waals surface area contributed by atoms with E-state index in [9.17, 15) is 9.18 Å². The smallest absolute Gasteiger partial charge is 0.305 e. The second kappa shape index (κ2) is 4.56. The third-order valence-corrected chi connectivity index (χ3v) is 2.54. The number of hydrogen-bond donors (Lipinski definition) is 0. The molecule has 1 aliphatic heterocycles. The molecule has 1 rings (SSSR count). The van der Waals surface area contributed by atoms with Gasteiger partial charge in [0.25, 0.3) is 0 Å². The van der Waals surface area contributed by atoms with Gasteiger partial charge in [-0.1, -0.05) is 0 Å². The van der Waals surface area contributed by atoms with Crippen LogP contribution in [0.15, 0.2) is 0 Å². The number of methoxy groups -OCH3 is 1. The molecule has 1 aliphatic rings. The summed E-state index contributed by atoms with van der Waals surface area (Å²) >= 11 is 0. The summed E-state index contributed by atoms with van der Waals surface area (Å²) in [4.78, 5) is 12.8. The van der Waals surface area contributed by atoms with E-state index in [0.29, 0.717) is 6.54 Å². The Bertz CT molecular complexity index is 186. The molecular weight excluding hydrogens is 173 g/mol. The number of likely N-dealkylation sites (tertiary alicyclic amines) is 1. The fourth-order valence-corrected chi connectivity index (χ4v) is 1.63. The van der Waals surface area contributed by atoms with E-state index in [-0.39, 0.29) is 18.3 Å². The van der Waals surface area contributed by atoms with Gasteiger partial charge in [0.1, 0.15) is 6.17 Å². The van der Waals surface area contributed by atoms with Gasteiger partial charge in [-0.15, -0.1) is 0 Å². The number of alkyl halides is 1. The van der Waals surface area contributed by atoms with Crippen LogP contribution >= 0.6 is 0 Å². The minimum absolute atomic E-state index is 0.149. The van der Waals surface area contributed by atoms with Gasteiger partial charge in [0.2, 0.25) is 0 Å². The lowest BCUT2D eigenvalue weighted by atomic mass is 9.92. The van der Waals surface area contributed by atoms with E-state index in [2.05, 4.69) is 4.74 Å². The highest BCUT2D eigenvalue weighted by Gasteiger charge is 2.29. The highest BCUT2D eigenvalue weighted by molar-refractivity contribution is 5.69. The molecule has 0 saturated carbocycles. The van der Waals surface area contributed by atoms with Crippen LogP contribution < -0.4 is 0 Å². The van der Waals surface area contributed by atoms with E-state index in [4.69, 9.17) is 0 Å². The molecule has 0 aliphatic carbocycles. The number of carbonyl (C=O) groups is 1. The van der Waals surface area contributed by atoms with Crippen molar-refractivity contribution in [1.29, 1.82) is 0 Å². The molecule has 0 unspecified atom stereocenters. The number of esters is 1. The summed E-state index contributed by atoms with van der Waals surface area (Å²) in [6.45, 7) is 1.30. The number of piperidine rings is 1. The summed E-state index contributed by atoms with van der Waals surface area (Å²) in [6, 6.07) is 0. The molecule has 0 N–H and O–H groups in total. The highest BCUT2D eigenvalue weighted by atomic mass is 19.1. The Morgan fingerprint density at radius 1 is 1.69 bits per heavy atom. The monoisotopic (exact) mass is 189 g/mol. The number of ether oxygens (including phenoxy) is 1. The molecule has 0 aromatic rings. The van der Waals surface area contributed by atoms with Crippen molar-refractivity contribution in [3.8, 4) is 0 Å². The molecule has 0 radical (unpaired) electrons. The Balaban J connectivity index is 2.38. The lowest BCUT2D eigenvalue weighted by Gasteiger charge is -2.31. The second-order valence-corrected chi connectivity index (χ2v) is 3.61. The minimum Gasteiger partial charge on any atom is -0.469 e. The van der Waals surface area contributed by atoms with Gasteiger partial charge in [-0.25, -0.2) is 4.39 Å². The van der Waals surface area contributed by atoms with Crippen molar-refractivity contribution in [2.24, 2.45) is 5.92 Å². The van der Waals surface area contributed by atoms with Crippen molar-refractivity contribution >= 4 is 5.97 Å². The Kier molecular flexibility index (Phi) is 3.66. The number of carbonyl (C=O) groups excluding carboxylic acids is 1. The molecule has 13 heavy (non-hydrogen) atoms. The molecule has 1 fully saturated rings. The molecule has 76 valence electrons. The third kappa shape index (κ3) is 2.95. The van der Waals surface area contributed by atoms with Gasteiger partial charge in [0.15, 0.2) is 0 Å². The van der Waals surface area contributed by atoms with Crippen LogP contribution in [0.2, 0.25) is 0 Å². The van der Waals surface area contributed by atoms with Gasteiger partial charge in [-0.3, -0.25) is 4.79 Å². The Labute approximate surface area is 77.9 Å². The van der Waals surface area contributed by atoms with Gasteiger partial charge in [0.05, 0.1) is 13.5 Å². The lowest BCUT2D eigenvalue weighted by molar-refractivity contribution is -0.142. The van der Waals surface area contributed by atoms with Gasteiger partial charge in [0, 0.05) is 12.5 Å². The van der Waals surface area contributed by atoms with Crippen molar-refractivity contribution < 1.29 is 13.9 Å². The van der Waals surface area contributed by atoms with Crippen LogP contribution in [-0.2, 0) is 9.53 Å².